The first-order valence-electron chi connectivity index (χ1n) is 9.45. The summed E-state index contributed by atoms with van der Waals surface area (Å²) in [5, 5.41) is 5.47. The fraction of sp³-hybridized carbons (Fsp3) is 0.227. The molecule has 0 spiro atoms. The van der Waals surface area contributed by atoms with Gasteiger partial charge < -0.3 is 24.5 Å². The molecule has 3 aromatic rings. The van der Waals surface area contributed by atoms with E-state index in [1.165, 1.54) is 6.26 Å². The van der Waals surface area contributed by atoms with Crippen molar-refractivity contribution >= 4 is 17.5 Å². The number of hydrogen-bond donors (Lipinski definition) is 2. The van der Waals surface area contributed by atoms with Gasteiger partial charge in [-0.05, 0) is 43.7 Å². The lowest BCUT2D eigenvalue weighted by atomic mass is 10.3. The molecule has 0 atom stereocenters. The molecule has 0 bridgehead atoms. The van der Waals surface area contributed by atoms with Crippen LogP contribution >= 0.6 is 0 Å². The lowest BCUT2D eigenvalue weighted by molar-refractivity contribution is -0.123. The van der Waals surface area contributed by atoms with Crippen LogP contribution in [0.1, 0.15) is 30.0 Å². The fourth-order valence-corrected chi connectivity index (χ4v) is 2.49. The molecule has 3 rings (SSSR count). The van der Waals surface area contributed by atoms with Crippen LogP contribution in [0, 0.1) is 0 Å². The zero-order valence-corrected chi connectivity index (χ0v) is 16.8. The number of hydrogen-bond acceptors (Lipinski definition) is 6. The molecule has 2 amide bonds. The van der Waals surface area contributed by atoms with Crippen LogP contribution in [0.2, 0.25) is 0 Å². The SMILES string of the molecule is CC(C)Oc1ccc(CNC(=O)COc2cccc(NC(=O)c3ccco3)c2)cn1. The summed E-state index contributed by atoms with van der Waals surface area (Å²) in [6, 6.07) is 13.6. The molecule has 0 aliphatic heterocycles. The van der Waals surface area contributed by atoms with E-state index in [1.807, 2.05) is 19.9 Å². The number of amides is 2. The van der Waals surface area contributed by atoms with Gasteiger partial charge in [-0.15, -0.1) is 0 Å². The van der Waals surface area contributed by atoms with Crippen molar-refractivity contribution < 1.29 is 23.5 Å². The number of pyridine rings is 1. The van der Waals surface area contributed by atoms with Crippen molar-refractivity contribution in [2.24, 2.45) is 0 Å². The third kappa shape index (κ3) is 6.37. The molecule has 156 valence electrons. The topological polar surface area (TPSA) is 103 Å². The van der Waals surface area contributed by atoms with Crippen LogP contribution in [0.25, 0.3) is 0 Å². The first-order chi connectivity index (χ1) is 14.5. The van der Waals surface area contributed by atoms with Crippen molar-refractivity contribution in [2.45, 2.75) is 26.5 Å². The highest BCUT2D eigenvalue weighted by molar-refractivity contribution is 6.02. The minimum Gasteiger partial charge on any atom is -0.484 e. The largest absolute Gasteiger partial charge is 0.484 e. The van der Waals surface area contributed by atoms with Gasteiger partial charge in [-0.2, -0.15) is 0 Å². The van der Waals surface area contributed by atoms with E-state index in [0.717, 1.165) is 5.56 Å². The second kappa shape index (κ2) is 10.1. The van der Waals surface area contributed by atoms with Gasteiger partial charge in [0.15, 0.2) is 12.4 Å². The van der Waals surface area contributed by atoms with Crippen molar-refractivity contribution in [1.29, 1.82) is 0 Å². The quantitative estimate of drug-likeness (QED) is 0.561. The van der Waals surface area contributed by atoms with E-state index >= 15 is 0 Å². The summed E-state index contributed by atoms with van der Waals surface area (Å²) in [7, 11) is 0. The number of furan rings is 1. The maximum atomic E-state index is 12.1. The molecule has 0 saturated carbocycles. The van der Waals surface area contributed by atoms with E-state index in [9.17, 15) is 9.59 Å². The lowest BCUT2D eigenvalue weighted by Gasteiger charge is -2.10. The average molecular weight is 409 g/mol. The molecule has 2 N–H and O–H groups in total. The smallest absolute Gasteiger partial charge is 0.291 e. The molecular weight excluding hydrogens is 386 g/mol. The van der Waals surface area contributed by atoms with Crippen LogP contribution < -0.4 is 20.1 Å². The van der Waals surface area contributed by atoms with E-state index < -0.39 is 0 Å². The van der Waals surface area contributed by atoms with E-state index in [-0.39, 0.29) is 30.3 Å². The van der Waals surface area contributed by atoms with Gasteiger partial charge in [0.2, 0.25) is 5.88 Å². The van der Waals surface area contributed by atoms with E-state index in [2.05, 4.69) is 15.6 Å². The number of nitrogens with zero attached hydrogens (tertiary/aromatic N) is 1. The molecule has 8 heteroatoms. The Hall–Kier alpha value is -3.81. The van der Waals surface area contributed by atoms with Gasteiger partial charge in [0.1, 0.15) is 5.75 Å². The number of ether oxygens (including phenoxy) is 2. The Labute approximate surface area is 174 Å². The summed E-state index contributed by atoms with van der Waals surface area (Å²) in [6.07, 6.45) is 3.14. The second-order valence-corrected chi connectivity index (χ2v) is 6.70. The molecule has 0 fully saturated rings. The lowest BCUT2D eigenvalue weighted by Crippen LogP contribution is -2.28. The van der Waals surface area contributed by atoms with Crippen LogP contribution in [0.15, 0.2) is 65.4 Å². The number of nitrogens with one attached hydrogen (secondary N) is 2. The van der Waals surface area contributed by atoms with Gasteiger partial charge >= 0.3 is 0 Å². The first-order valence-corrected chi connectivity index (χ1v) is 9.45. The van der Waals surface area contributed by atoms with Crippen molar-refractivity contribution in [3.05, 3.63) is 72.3 Å². The molecule has 0 unspecified atom stereocenters. The third-order valence-corrected chi connectivity index (χ3v) is 3.85. The Kier molecular flexibility index (Phi) is 7.05. The Bertz CT molecular complexity index is 969. The molecule has 1 aromatic carbocycles. The minimum atomic E-state index is -0.367. The van der Waals surface area contributed by atoms with Gasteiger partial charge in [0.05, 0.1) is 12.4 Å². The Morgan fingerprint density at radius 3 is 2.70 bits per heavy atom. The monoisotopic (exact) mass is 409 g/mol. The van der Waals surface area contributed by atoms with Crippen molar-refractivity contribution in [3.8, 4) is 11.6 Å². The molecule has 0 saturated heterocycles. The number of aromatic nitrogens is 1. The van der Waals surface area contributed by atoms with Crippen molar-refractivity contribution in [2.75, 3.05) is 11.9 Å². The van der Waals surface area contributed by atoms with Gasteiger partial charge in [0.25, 0.3) is 11.8 Å². The number of carbonyl (C=O) groups is 2. The maximum Gasteiger partial charge on any atom is 0.291 e. The van der Waals surface area contributed by atoms with Crippen LogP contribution in [0.5, 0.6) is 11.6 Å². The van der Waals surface area contributed by atoms with Crippen molar-refractivity contribution in [1.82, 2.24) is 10.3 Å². The predicted octanol–water partition coefficient (Wildman–Crippen LogP) is 3.41. The normalized spacial score (nSPS) is 10.5. The van der Waals surface area contributed by atoms with Crippen LogP contribution in [0.3, 0.4) is 0 Å². The summed E-state index contributed by atoms with van der Waals surface area (Å²) >= 11 is 0. The maximum absolute atomic E-state index is 12.1. The first kappa shape index (κ1) is 20.9. The van der Waals surface area contributed by atoms with Gasteiger partial charge in [-0.25, -0.2) is 4.98 Å². The predicted molar refractivity (Wildman–Crippen MR) is 110 cm³/mol. The molecule has 0 aliphatic carbocycles. The van der Waals surface area contributed by atoms with Crippen LogP contribution in [-0.4, -0.2) is 29.5 Å². The number of rotatable bonds is 9. The molecule has 2 aromatic heterocycles. The highest BCUT2D eigenvalue weighted by Gasteiger charge is 2.10. The number of benzene rings is 1. The fourth-order valence-electron chi connectivity index (χ4n) is 2.49. The second-order valence-electron chi connectivity index (χ2n) is 6.70. The third-order valence-electron chi connectivity index (χ3n) is 3.85. The molecule has 8 nitrogen and oxygen atoms in total. The van der Waals surface area contributed by atoms with Crippen LogP contribution in [0.4, 0.5) is 5.69 Å². The standard InChI is InChI=1S/C22H23N3O5/c1-15(2)30-21-9-8-16(13-24-21)12-23-20(26)14-29-18-6-3-5-17(11-18)25-22(27)19-7-4-10-28-19/h3-11,13,15H,12,14H2,1-2H3,(H,23,26)(H,25,27). The molecule has 30 heavy (non-hydrogen) atoms. The van der Waals surface area contributed by atoms with Gasteiger partial charge in [0, 0.05) is 30.6 Å². The zero-order valence-electron chi connectivity index (χ0n) is 16.8. The minimum absolute atomic E-state index is 0.0529. The van der Waals surface area contributed by atoms with E-state index in [4.69, 9.17) is 13.9 Å². The molecular formula is C22H23N3O5. The summed E-state index contributed by atoms with van der Waals surface area (Å²) in [5.41, 5.74) is 1.38. The highest BCUT2D eigenvalue weighted by Crippen LogP contribution is 2.18. The molecule has 0 radical (unpaired) electrons. The summed E-state index contributed by atoms with van der Waals surface area (Å²) in [5.74, 6) is 0.566. The molecule has 2 heterocycles. The Morgan fingerprint density at radius 1 is 1.13 bits per heavy atom. The number of carbonyl (C=O) groups excluding carboxylic acids is 2. The zero-order chi connectivity index (χ0) is 21.3. The summed E-state index contributed by atoms with van der Waals surface area (Å²) in [4.78, 5) is 28.3. The van der Waals surface area contributed by atoms with Gasteiger partial charge in [-0.1, -0.05) is 12.1 Å². The summed E-state index contributed by atoms with van der Waals surface area (Å²) in [6.45, 7) is 4.03. The highest BCUT2D eigenvalue weighted by atomic mass is 16.5. The summed E-state index contributed by atoms with van der Waals surface area (Å²) < 4.78 is 16.1. The number of anilines is 1. The van der Waals surface area contributed by atoms with Crippen molar-refractivity contribution in [3.63, 3.8) is 0 Å². The van der Waals surface area contributed by atoms with Gasteiger partial charge in [-0.3, -0.25) is 9.59 Å². The Morgan fingerprint density at radius 2 is 2.00 bits per heavy atom. The Balaban J connectivity index is 1.45. The van der Waals surface area contributed by atoms with E-state index in [1.54, 1.807) is 48.7 Å². The average Bonchev–Trinajstić information content (AvgIpc) is 3.27. The molecule has 0 aliphatic rings. The van der Waals surface area contributed by atoms with Crippen LogP contribution in [-0.2, 0) is 11.3 Å². The van der Waals surface area contributed by atoms with E-state index in [0.29, 0.717) is 23.9 Å².